The molecule has 0 spiro atoms. The Morgan fingerprint density at radius 3 is 2.71 bits per heavy atom. The van der Waals surface area contributed by atoms with Gasteiger partial charge in [0.05, 0.1) is 0 Å². The first-order chi connectivity index (χ1) is 6.67. The van der Waals surface area contributed by atoms with E-state index in [1.807, 2.05) is 6.92 Å². The van der Waals surface area contributed by atoms with Crippen LogP contribution in [0, 0.1) is 5.92 Å². The van der Waals surface area contributed by atoms with Crippen LogP contribution >= 0.6 is 0 Å². The molecule has 2 amide bonds. The largest absolute Gasteiger partial charge is 0.351 e. The van der Waals surface area contributed by atoms with Crippen LogP contribution in [0.15, 0.2) is 0 Å². The Morgan fingerprint density at radius 2 is 2.29 bits per heavy atom. The minimum Gasteiger partial charge on any atom is -0.351 e. The second-order valence-corrected chi connectivity index (χ2v) is 3.93. The summed E-state index contributed by atoms with van der Waals surface area (Å²) in [5, 5.41) is 2.95. The number of rotatable bonds is 6. The van der Waals surface area contributed by atoms with Crippen LogP contribution in [0.3, 0.4) is 0 Å². The predicted octanol–water partition coefficient (Wildman–Crippen LogP) is 0.379. The van der Waals surface area contributed by atoms with Crippen LogP contribution < -0.4 is 5.32 Å². The van der Waals surface area contributed by atoms with Crippen LogP contribution in [0.5, 0.6) is 0 Å². The molecule has 0 aromatic rings. The highest BCUT2D eigenvalue weighted by molar-refractivity contribution is 5.81. The molecule has 1 aliphatic rings. The Balaban J connectivity index is 2.29. The van der Waals surface area contributed by atoms with Crippen LogP contribution in [-0.4, -0.2) is 36.9 Å². The minimum absolute atomic E-state index is 0.0956. The fraction of sp³-hybridized carbons (Fsp3) is 0.800. The molecular weight excluding hydrogens is 180 g/mol. The molecule has 1 atom stereocenters. The SMILES string of the molecule is CCC(CN(C)C=O)NC(=O)C1CC1. The highest BCUT2D eigenvalue weighted by Crippen LogP contribution is 2.28. The van der Waals surface area contributed by atoms with Gasteiger partial charge in [0.25, 0.3) is 0 Å². The quantitative estimate of drug-likeness (QED) is 0.627. The molecule has 1 unspecified atom stereocenters. The van der Waals surface area contributed by atoms with E-state index < -0.39 is 0 Å². The van der Waals surface area contributed by atoms with Crippen LogP contribution in [0.4, 0.5) is 0 Å². The summed E-state index contributed by atoms with van der Waals surface area (Å²) in [7, 11) is 1.72. The summed E-state index contributed by atoms with van der Waals surface area (Å²) in [5.74, 6) is 0.390. The van der Waals surface area contributed by atoms with Crippen molar-refractivity contribution in [1.82, 2.24) is 10.2 Å². The summed E-state index contributed by atoms with van der Waals surface area (Å²) < 4.78 is 0. The molecule has 1 aliphatic carbocycles. The van der Waals surface area contributed by atoms with Crippen LogP contribution in [-0.2, 0) is 9.59 Å². The molecular formula is C10H18N2O2. The van der Waals surface area contributed by atoms with E-state index in [-0.39, 0.29) is 17.9 Å². The third-order valence-corrected chi connectivity index (χ3v) is 2.48. The van der Waals surface area contributed by atoms with Gasteiger partial charge < -0.3 is 10.2 Å². The molecule has 0 aliphatic heterocycles. The summed E-state index contributed by atoms with van der Waals surface area (Å²) in [5.41, 5.74) is 0. The van der Waals surface area contributed by atoms with Gasteiger partial charge in [-0.3, -0.25) is 9.59 Å². The molecule has 1 rings (SSSR count). The van der Waals surface area contributed by atoms with E-state index in [0.717, 1.165) is 25.7 Å². The molecule has 4 nitrogen and oxygen atoms in total. The van der Waals surface area contributed by atoms with E-state index in [4.69, 9.17) is 0 Å². The Labute approximate surface area is 84.7 Å². The average molecular weight is 198 g/mol. The van der Waals surface area contributed by atoms with Crippen LogP contribution in [0.2, 0.25) is 0 Å². The van der Waals surface area contributed by atoms with Gasteiger partial charge in [0.2, 0.25) is 12.3 Å². The lowest BCUT2D eigenvalue weighted by molar-refractivity contribution is -0.124. The van der Waals surface area contributed by atoms with Crippen molar-refractivity contribution in [1.29, 1.82) is 0 Å². The van der Waals surface area contributed by atoms with Crippen molar-refractivity contribution in [2.75, 3.05) is 13.6 Å². The molecule has 1 saturated carbocycles. The number of nitrogens with one attached hydrogen (secondary N) is 1. The van der Waals surface area contributed by atoms with Gasteiger partial charge in [-0.1, -0.05) is 6.92 Å². The van der Waals surface area contributed by atoms with Crippen molar-refractivity contribution < 1.29 is 9.59 Å². The van der Waals surface area contributed by atoms with E-state index >= 15 is 0 Å². The molecule has 80 valence electrons. The van der Waals surface area contributed by atoms with Gasteiger partial charge in [-0.15, -0.1) is 0 Å². The molecule has 4 heteroatoms. The molecule has 0 aromatic carbocycles. The van der Waals surface area contributed by atoms with Crippen molar-refractivity contribution in [2.45, 2.75) is 32.2 Å². The number of carbonyl (C=O) groups is 2. The van der Waals surface area contributed by atoms with Gasteiger partial charge in [0, 0.05) is 25.6 Å². The number of carbonyl (C=O) groups excluding carboxylic acids is 2. The topological polar surface area (TPSA) is 49.4 Å². The number of nitrogens with zero attached hydrogens (tertiary/aromatic N) is 1. The normalized spacial score (nSPS) is 17.3. The Kier molecular flexibility index (Phi) is 3.92. The third kappa shape index (κ3) is 3.36. The lowest BCUT2D eigenvalue weighted by Gasteiger charge is -2.21. The highest BCUT2D eigenvalue weighted by Gasteiger charge is 2.30. The van der Waals surface area contributed by atoms with Crippen molar-refractivity contribution >= 4 is 12.3 Å². The fourth-order valence-corrected chi connectivity index (χ4v) is 1.33. The molecule has 1 fully saturated rings. The van der Waals surface area contributed by atoms with E-state index in [0.29, 0.717) is 6.54 Å². The molecule has 0 aromatic heterocycles. The number of hydrogen-bond donors (Lipinski definition) is 1. The zero-order valence-corrected chi connectivity index (χ0v) is 8.82. The summed E-state index contributed by atoms with van der Waals surface area (Å²) in [6, 6.07) is 0.0956. The van der Waals surface area contributed by atoms with Gasteiger partial charge >= 0.3 is 0 Å². The standard InChI is InChI=1S/C10H18N2O2/c1-3-9(6-12(2)7-13)11-10(14)8-4-5-8/h7-9H,3-6H2,1-2H3,(H,11,14). The summed E-state index contributed by atoms with van der Waals surface area (Å²) in [6.07, 6.45) is 3.68. The van der Waals surface area contributed by atoms with Crippen molar-refractivity contribution in [3.63, 3.8) is 0 Å². The monoisotopic (exact) mass is 198 g/mol. The molecule has 1 N–H and O–H groups in total. The van der Waals surface area contributed by atoms with Gasteiger partial charge in [0.1, 0.15) is 0 Å². The van der Waals surface area contributed by atoms with E-state index in [1.165, 1.54) is 0 Å². The maximum Gasteiger partial charge on any atom is 0.223 e. The maximum atomic E-state index is 11.4. The minimum atomic E-state index is 0.0956. The molecule has 0 saturated heterocycles. The van der Waals surface area contributed by atoms with Gasteiger partial charge in [-0.25, -0.2) is 0 Å². The van der Waals surface area contributed by atoms with Crippen LogP contribution in [0.25, 0.3) is 0 Å². The Hall–Kier alpha value is -1.06. The number of hydrogen-bond acceptors (Lipinski definition) is 2. The summed E-state index contributed by atoms with van der Waals surface area (Å²) >= 11 is 0. The van der Waals surface area contributed by atoms with Gasteiger partial charge in [0.15, 0.2) is 0 Å². The second kappa shape index (κ2) is 4.98. The van der Waals surface area contributed by atoms with Crippen molar-refractivity contribution in [3.05, 3.63) is 0 Å². The van der Waals surface area contributed by atoms with E-state index in [2.05, 4.69) is 5.32 Å². The smallest absolute Gasteiger partial charge is 0.223 e. The fourth-order valence-electron chi connectivity index (χ4n) is 1.33. The average Bonchev–Trinajstić information content (AvgIpc) is 2.99. The molecule has 0 heterocycles. The molecule has 0 bridgehead atoms. The second-order valence-electron chi connectivity index (χ2n) is 3.93. The Bertz CT molecular complexity index is 214. The summed E-state index contributed by atoms with van der Waals surface area (Å²) in [4.78, 5) is 23.4. The molecule has 0 radical (unpaired) electrons. The lowest BCUT2D eigenvalue weighted by atomic mass is 10.2. The predicted molar refractivity (Wildman–Crippen MR) is 53.6 cm³/mol. The zero-order chi connectivity index (χ0) is 10.6. The lowest BCUT2D eigenvalue weighted by Crippen LogP contribution is -2.42. The van der Waals surface area contributed by atoms with Gasteiger partial charge in [-0.05, 0) is 19.3 Å². The Morgan fingerprint density at radius 1 is 1.64 bits per heavy atom. The van der Waals surface area contributed by atoms with Gasteiger partial charge in [-0.2, -0.15) is 0 Å². The van der Waals surface area contributed by atoms with E-state index in [9.17, 15) is 9.59 Å². The van der Waals surface area contributed by atoms with E-state index in [1.54, 1.807) is 11.9 Å². The first-order valence-electron chi connectivity index (χ1n) is 5.13. The third-order valence-electron chi connectivity index (χ3n) is 2.48. The highest BCUT2D eigenvalue weighted by atomic mass is 16.2. The zero-order valence-electron chi connectivity index (χ0n) is 8.82. The molecule has 14 heavy (non-hydrogen) atoms. The van der Waals surface area contributed by atoms with Crippen LogP contribution in [0.1, 0.15) is 26.2 Å². The van der Waals surface area contributed by atoms with Crippen molar-refractivity contribution in [3.8, 4) is 0 Å². The van der Waals surface area contributed by atoms with Crippen molar-refractivity contribution in [2.24, 2.45) is 5.92 Å². The number of amides is 2. The maximum absolute atomic E-state index is 11.4. The number of likely N-dealkylation sites (N-methyl/N-ethyl adjacent to an activating group) is 1. The first kappa shape index (κ1) is 11.0. The summed E-state index contributed by atoms with van der Waals surface area (Å²) in [6.45, 7) is 2.61. The first-order valence-corrected chi connectivity index (χ1v) is 5.13.